The third-order valence-corrected chi connectivity index (χ3v) is 6.96. The predicted molar refractivity (Wildman–Crippen MR) is 134 cm³/mol. The largest absolute Gasteiger partial charge is 0.328 e. The first-order chi connectivity index (χ1) is 16.7. The third kappa shape index (κ3) is 4.60. The molecule has 1 saturated carbocycles. The van der Waals surface area contributed by atoms with Crippen LogP contribution in [0.25, 0.3) is 22.5 Å². The van der Waals surface area contributed by atoms with Crippen LogP contribution in [-0.2, 0) is 13.0 Å². The number of aryl methyl sites for hydroxylation is 1. The Labute approximate surface area is 199 Å². The first-order valence-electron chi connectivity index (χ1n) is 12.5. The molecule has 1 fully saturated rings. The molecule has 0 amide bonds. The van der Waals surface area contributed by atoms with Gasteiger partial charge in [-0.1, -0.05) is 81.1 Å². The topological polar surface area (TPSA) is 81.4 Å². The molecule has 2 aromatic carbocycles. The quantitative estimate of drug-likeness (QED) is 0.385. The Bertz CT molecular complexity index is 1260. The maximum absolute atomic E-state index is 13.4. The van der Waals surface area contributed by atoms with Gasteiger partial charge in [0.15, 0.2) is 0 Å². The molecule has 5 rings (SSSR count). The van der Waals surface area contributed by atoms with E-state index in [0.717, 1.165) is 60.1 Å². The molecule has 0 atom stereocenters. The molecule has 176 valence electrons. The second-order valence-electron chi connectivity index (χ2n) is 9.27. The van der Waals surface area contributed by atoms with Gasteiger partial charge in [-0.3, -0.25) is 9.13 Å². The van der Waals surface area contributed by atoms with Crippen molar-refractivity contribution >= 4 is 0 Å². The van der Waals surface area contributed by atoms with Crippen LogP contribution < -0.4 is 5.69 Å². The lowest BCUT2D eigenvalue weighted by Crippen LogP contribution is -2.29. The van der Waals surface area contributed by atoms with Crippen LogP contribution in [0, 0.1) is 0 Å². The van der Waals surface area contributed by atoms with Crippen LogP contribution in [0.15, 0.2) is 59.5 Å². The number of hydrogen-bond acceptors (Lipinski definition) is 4. The molecule has 1 aliphatic rings. The minimum absolute atomic E-state index is 0.143. The summed E-state index contributed by atoms with van der Waals surface area (Å²) in [7, 11) is 0. The normalized spacial score (nSPS) is 14.5. The zero-order chi connectivity index (χ0) is 23.3. The van der Waals surface area contributed by atoms with Crippen molar-refractivity contribution in [3.05, 3.63) is 76.5 Å². The molecule has 1 aliphatic carbocycles. The molecular weight excluding hydrogens is 424 g/mol. The fourth-order valence-electron chi connectivity index (χ4n) is 5.07. The zero-order valence-electron chi connectivity index (χ0n) is 19.8. The van der Waals surface area contributed by atoms with Crippen molar-refractivity contribution in [2.45, 2.75) is 70.9 Å². The van der Waals surface area contributed by atoms with Crippen LogP contribution in [0.2, 0.25) is 0 Å². The van der Waals surface area contributed by atoms with Gasteiger partial charge in [-0.05, 0) is 47.6 Å². The average Bonchev–Trinajstić information content (AvgIpc) is 3.53. The van der Waals surface area contributed by atoms with E-state index in [1.165, 1.54) is 19.3 Å². The van der Waals surface area contributed by atoms with Crippen molar-refractivity contribution < 1.29 is 0 Å². The molecule has 2 aromatic heterocycles. The smallest absolute Gasteiger partial charge is 0.296 e. The highest BCUT2D eigenvalue weighted by Crippen LogP contribution is 2.30. The number of aromatic nitrogens is 6. The molecule has 0 radical (unpaired) electrons. The molecule has 7 nitrogen and oxygen atoms in total. The number of hydrogen-bond donors (Lipinski definition) is 1. The summed E-state index contributed by atoms with van der Waals surface area (Å²) in [5, 5.41) is 14.5. The molecule has 0 saturated heterocycles. The number of tetrazole rings is 1. The SMILES string of the molecule is CCCCc1cn(C2CCCCC2)c(=O)n1Cc1ccc(-c2ccccc2-c2nn[nH]n2)cc1. The van der Waals surface area contributed by atoms with E-state index in [1.807, 2.05) is 27.3 Å². The number of rotatable bonds is 8. The number of imidazole rings is 1. The third-order valence-electron chi connectivity index (χ3n) is 6.96. The molecule has 34 heavy (non-hydrogen) atoms. The van der Waals surface area contributed by atoms with Gasteiger partial charge >= 0.3 is 5.69 Å². The predicted octanol–water partition coefficient (Wildman–Crippen LogP) is 5.39. The molecule has 0 aliphatic heterocycles. The number of nitrogens with one attached hydrogen (secondary N) is 1. The van der Waals surface area contributed by atoms with Crippen LogP contribution in [0.1, 0.15) is 69.2 Å². The van der Waals surface area contributed by atoms with E-state index < -0.39 is 0 Å². The Hall–Kier alpha value is -3.48. The van der Waals surface area contributed by atoms with Crippen LogP contribution in [0.3, 0.4) is 0 Å². The van der Waals surface area contributed by atoms with Gasteiger partial charge in [0.25, 0.3) is 0 Å². The summed E-state index contributed by atoms with van der Waals surface area (Å²) >= 11 is 0. The summed E-state index contributed by atoms with van der Waals surface area (Å²) in [5.41, 5.74) is 5.50. The van der Waals surface area contributed by atoms with E-state index in [-0.39, 0.29) is 5.69 Å². The van der Waals surface area contributed by atoms with E-state index in [0.29, 0.717) is 18.4 Å². The molecular formula is C27H32N6O. The Morgan fingerprint density at radius 3 is 2.47 bits per heavy atom. The Kier molecular flexibility index (Phi) is 6.70. The summed E-state index contributed by atoms with van der Waals surface area (Å²) in [5.74, 6) is 0.579. The number of aromatic amines is 1. The first-order valence-corrected chi connectivity index (χ1v) is 12.5. The van der Waals surface area contributed by atoms with Crippen molar-refractivity contribution in [1.82, 2.24) is 29.8 Å². The van der Waals surface area contributed by atoms with E-state index in [9.17, 15) is 4.79 Å². The fourth-order valence-corrected chi connectivity index (χ4v) is 5.07. The van der Waals surface area contributed by atoms with Crippen LogP contribution >= 0.6 is 0 Å². The number of nitrogens with zero attached hydrogens (tertiary/aromatic N) is 5. The lowest BCUT2D eigenvalue weighted by Gasteiger charge is -2.22. The molecule has 4 aromatic rings. The Morgan fingerprint density at radius 1 is 1.00 bits per heavy atom. The van der Waals surface area contributed by atoms with Crippen LogP contribution in [0.4, 0.5) is 0 Å². The van der Waals surface area contributed by atoms with E-state index >= 15 is 0 Å². The maximum Gasteiger partial charge on any atom is 0.328 e. The summed E-state index contributed by atoms with van der Waals surface area (Å²) in [4.78, 5) is 13.4. The first kappa shape index (κ1) is 22.3. The molecule has 0 bridgehead atoms. The minimum atomic E-state index is 0.143. The van der Waals surface area contributed by atoms with Crippen molar-refractivity contribution in [3.8, 4) is 22.5 Å². The fraction of sp³-hybridized carbons (Fsp3) is 0.407. The molecule has 0 spiro atoms. The molecule has 1 N–H and O–H groups in total. The van der Waals surface area contributed by atoms with E-state index in [2.05, 4.69) is 64.1 Å². The van der Waals surface area contributed by atoms with Crippen molar-refractivity contribution in [1.29, 1.82) is 0 Å². The van der Waals surface area contributed by atoms with Gasteiger partial charge in [0.05, 0.1) is 6.54 Å². The highest BCUT2D eigenvalue weighted by Gasteiger charge is 2.20. The summed E-state index contributed by atoms with van der Waals surface area (Å²) in [6.45, 7) is 2.80. The monoisotopic (exact) mass is 456 g/mol. The van der Waals surface area contributed by atoms with Gasteiger partial charge in [-0.2, -0.15) is 5.21 Å². The van der Waals surface area contributed by atoms with Crippen molar-refractivity contribution in [2.24, 2.45) is 0 Å². The molecule has 2 heterocycles. The molecule has 7 heteroatoms. The number of benzene rings is 2. The summed E-state index contributed by atoms with van der Waals surface area (Å²) in [6.07, 6.45) is 11.3. The van der Waals surface area contributed by atoms with Crippen LogP contribution in [-0.4, -0.2) is 29.8 Å². The van der Waals surface area contributed by atoms with Gasteiger partial charge in [0, 0.05) is 23.5 Å². The van der Waals surface area contributed by atoms with Crippen LogP contribution in [0.5, 0.6) is 0 Å². The minimum Gasteiger partial charge on any atom is -0.296 e. The summed E-state index contributed by atoms with van der Waals surface area (Å²) in [6, 6.07) is 16.9. The van der Waals surface area contributed by atoms with Gasteiger partial charge < -0.3 is 0 Å². The zero-order valence-corrected chi connectivity index (χ0v) is 19.8. The standard InChI is InChI=1S/C27H32N6O/c1-2-3-9-23-19-33(22-10-5-4-6-11-22)27(34)32(23)18-20-14-16-21(17-15-20)24-12-7-8-13-25(24)26-28-30-31-29-26/h7-8,12-17,19,22H,2-6,9-11,18H2,1H3,(H,28,29,30,31). The number of H-pyrrole nitrogens is 1. The Balaban J connectivity index is 1.42. The summed E-state index contributed by atoms with van der Waals surface area (Å²) < 4.78 is 4.02. The lowest BCUT2D eigenvalue weighted by molar-refractivity contribution is 0.344. The van der Waals surface area contributed by atoms with Gasteiger partial charge in [-0.25, -0.2) is 4.79 Å². The van der Waals surface area contributed by atoms with Gasteiger partial charge in [-0.15, -0.1) is 10.2 Å². The van der Waals surface area contributed by atoms with Gasteiger partial charge in [0.2, 0.25) is 5.82 Å². The highest BCUT2D eigenvalue weighted by atomic mass is 16.1. The van der Waals surface area contributed by atoms with Crippen molar-refractivity contribution in [2.75, 3.05) is 0 Å². The van der Waals surface area contributed by atoms with E-state index in [4.69, 9.17) is 0 Å². The Morgan fingerprint density at radius 2 is 1.76 bits per heavy atom. The number of unbranched alkanes of at least 4 members (excludes halogenated alkanes) is 1. The maximum atomic E-state index is 13.4. The second-order valence-corrected chi connectivity index (χ2v) is 9.27. The van der Waals surface area contributed by atoms with E-state index in [1.54, 1.807) is 0 Å². The van der Waals surface area contributed by atoms with Gasteiger partial charge in [0.1, 0.15) is 0 Å². The lowest BCUT2D eigenvalue weighted by atomic mass is 9.95. The highest BCUT2D eigenvalue weighted by molar-refractivity contribution is 5.80. The average molecular weight is 457 g/mol. The van der Waals surface area contributed by atoms with Crippen molar-refractivity contribution in [3.63, 3.8) is 0 Å². The second kappa shape index (κ2) is 10.2. The molecule has 0 unspecified atom stereocenters.